The standard InChI is InChI=1S/C23H40NO8P/c1-5-6-9-15-30-20-14-11-13-19(17-20)12-8-7-10-16-31-33(28,29)32-21(18-22(25)26)23(27)24(2,3)4/h11,13-14,17,21,23H,5-10,12,15-16,18H2,1-4H3,(H,25,26)(H,28,29)/t21-,23?/m1/s1. The van der Waals surface area contributed by atoms with E-state index in [1.54, 1.807) is 21.1 Å². The van der Waals surface area contributed by atoms with E-state index < -0.39 is 32.5 Å². The van der Waals surface area contributed by atoms with Gasteiger partial charge in [-0.1, -0.05) is 38.3 Å². The molecule has 10 heteroatoms. The van der Waals surface area contributed by atoms with Crippen LogP contribution in [0.2, 0.25) is 0 Å². The molecule has 0 amide bonds. The molecule has 3 atom stereocenters. The molecule has 190 valence electrons. The van der Waals surface area contributed by atoms with Crippen molar-refractivity contribution in [3.63, 3.8) is 0 Å². The largest absolute Gasteiger partial charge is 0.804 e. The fourth-order valence-corrected chi connectivity index (χ4v) is 4.12. The zero-order chi connectivity index (χ0) is 24.9. The maximum atomic E-state index is 12.4. The molecule has 1 rings (SSSR count). The van der Waals surface area contributed by atoms with Gasteiger partial charge in [0.2, 0.25) is 0 Å². The molecule has 1 aromatic carbocycles. The molecule has 0 aliphatic heterocycles. The van der Waals surface area contributed by atoms with Crippen LogP contribution in [-0.4, -0.2) is 67.1 Å². The number of hydrogen-bond donors (Lipinski definition) is 2. The number of aliphatic carboxylic acids is 1. The number of nitrogens with zero attached hydrogens (tertiary/aromatic N) is 1. The number of carboxylic acid groups (broad SMARTS) is 1. The lowest BCUT2D eigenvalue weighted by atomic mass is 10.1. The van der Waals surface area contributed by atoms with Gasteiger partial charge in [-0.15, -0.1) is 0 Å². The molecule has 1 aromatic rings. The smallest absolute Gasteiger partial charge is 0.472 e. The molecule has 0 bridgehead atoms. The zero-order valence-electron chi connectivity index (χ0n) is 20.3. The number of unbranched alkanes of at least 4 members (excludes halogenated alkanes) is 4. The molecule has 0 fully saturated rings. The second kappa shape index (κ2) is 14.7. The van der Waals surface area contributed by atoms with E-state index in [2.05, 4.69) is 6.92 Å². The van der Waals surface area contributed by atoms with Gasteiger partial charge in [-0.05, 0) is 43.4 Å². The topological polar surface area (TPSA) is 125 Å². The van der Waals surface area contributed by atoms with Crippen LogP contribution in [-0.2, 0) is 24.8 Å². The lowest BCUT2D eigenvalue weighted by Crippen LogP contribution is -2.60. The Bertz CT molecular complexity index is 752. The lowest BCUT2D eigenvalue weighted by Gasteiger charge is -2.42. The Kier molecular flexibility index (Phi) is 13.2. The van der Waals surface area contributed by atoms with Crippen LogP contribution in [0.25, 0.3) is 0 Å². The Morgan fingerprint density at radius 2 is 1.82 bits per heavy atom. The highest BCUT2D eigenvalue weighted by Crippen LogP contribution is 2.45. The van der Waals surface area contributed by atoms with E-state index in [4.69, 9.17) is 18.9 Å². The third kappa shape index (κ3) is 13.1. The summed E-state index contributed by atoms with van der Waals surface area (Å²) >= 11 is 0. The number of aryl methyl sites for hydroxylation is 1. The number of likely N-dealkylation sites (N-methyl/N-ethyl adjacent to an activating group) is 1. The van der Waals surface area contributed by atoms with E-state index in [0.717, 1.165) is 44.3 Å². The van der Waals surface area contributed by atoms with Crippen LogP contribution in [0.5, 0.6) is 5.75 Å². The minimum atomic E-state index is -4.55. The number of quaternary nitrogens is 1. The molecule has 0 aliphatic rings. The second-order valence-electron chi connectivity index (χ2n) is 9.06. The van der Waals surface area contributed by atoms with Crippen molar-refractivity contribution in [3.8, 4) is 5.75 Å². The van der Waals surface area contributed by atoms with Gasteiger partial charge in [-0.3, -0.25) is 13.8 Å². The molecule has 2 N–H and O–H groups in total. The molecule has 9 nitrogen and oxygen atoms in total. The van der Waals surface area contributed by atoms with Gasteiger partial charge in [0.25, 0.3) is 0 Å². The SMILES string of the molecule is CCCCCOc1cccc(CCCCCOP(=O)(O)O[C@H](CC(=O)O)C([O-])[N+](C)(C)C)c1. The molecule has 0 heterocycles. The van der Waals surface area contributed by atoms with Gasteiger partial charge >= 0.3 is 13.8 Å². The summed E-state index contributed by atoms with van der Waals surface area (Å²) in [6.07, 6.45) is 2.63. The van der Waals surface area contributed by atoms with Gasteiger partial charge in [-0.25, -0.2) is 4.57 Å². The minimum Gasteiger partial charge on any atom is -0.804 e. The third-order valence-corrected chi connectivity index (χ3v) is 6.05. The normalized spacial score (nSPS) is 15.6. The number of carboxylic acids is 1. The van der Waals surface area contributed by atoms with Crippen LogP contribution in [0.4, 0.5) is 0 Å². The van der Waals surface area contributed by atoms with Gasteiger partial charge in [-0.2, -0.15) is 0 Å². The highest BCUT2D eigenvalue weighted by Gasteiger charge is 2.34. The van der Waals surface area contributed by atoms with Crippen LogP contribution in [0, 0.1) is 0 Å². The van der Waals surface area contributed by atoms with E-state index in [9.17, 15) is 19.4 Å². The molecule has 33 heavy (non-hydrogen) atoms. The first-order valence-electron chi connectivity index (χ1n) is 11.5. The van der Waals surface area contributed by atoms with Crippen molar-refractivity contribution in [1.82, 2.24) is 0 Å². The van der Waals surface area contributed by atoms with E-state index in [1.807, 2.05) is 24.3 Å². The number of benzene rings is 1. The Labute approximate surface area is 197 Å². The molecule has 0 saturated carbocycles. The molecular formula is C23H40NO8P. The lowest BCUT2D eigenvalue weighted by molar-refractivity contribution is -0.973. The predicted octanol–water partition coefficient (Wildman–Crippen LogP) is 3.34. The van der Waals surface area contributed by atoms with Gasteiger partial charge < -0.3 is 24.3 Å². The van der Waals surface area contributed by atoms with Crippen LogP contribution in [0.3, 0.4) is 0 Å². The average molecular weight is 490 g/mol. The Hall–Kier alpha value is -1.48. The number of hydrogen-bond acceptors (Lipinski definition) is 6. The van der Waals surface area contributed by atoms with E-state index >= 15 is 0 Å². The number of ether oxygens (including phenoxy) is 1. The molecule has 0 saturated heterocycles. The summed E-state index contributed by atoms with van der Waals surface area (Å²) in [5.74, 6) is -0.420. The van der Waals surface area contributed by atoms with Crippen molar-refractivity contribution in [3.05, 3.63) is 29.8 Å². The Morgan fingerprint density at radius 1 is 1.12 bits per heavy atom. The van der Waals surface area contributed by atoms with Gasteiger partial charge in [0.05, 0.1) is 40.8 Å². The predicted molar refractivity (Wildman–Crippen MR) is 124 cm³/mol. The van der Waals surface area contributed by atoms with Gasteiger partial charge in [0, 0.05) is 6.23 Å². The van der Waals surface area contributed by atoms with Crippen LogP contribution in [0.1, 0.15) is 57.4 Å². The maximum absolute atomic E-state index is 12.4. The van der Waals surface area contributed by atoms with Crippen LogP contribution in [0.15, 0.2) is 24.3 Å². The highest BCUT2D eigenvalue weighted by molar-refractivity contribution is 7.47. The van der Waals surface area contributed by atoms with E-state index in [1.165, 1.54) is 5.56 Å². The molecular weight excluding hydrogens is 449 g/mol. The molecule has 0 radical (unpaired) electrons. The number of rotatable bonds is 18. The molecule has 0 aromatic heterocycles. The number of phosphoric acid groups is 1. The summed E-state index contributed by atoms with van der Waals surface area (Å²) in [7, 11) is 0.141. The zero-order valence-corrected chi connectivity index (χ0v) is 21.2. The van der Waals surface area contributed by atoms with Crippen LogP contribution < -0.4 is 9.84 Å². The quantitative estimate of drug-likeness (QED) is 0.139. The summed E-state index contributed by atoms with van der Waals surface area (Å²) < 4.78 is 27.7. The minimum absolute atomic E-state index is 0.0257. The third-order valence-electron chi connectivity index (χ3n) is 5.01. The first-order valence-corrected chi connectivity index (χ1v) is 13.0. The summed E-state index contributed by atoms with van der Waals surface area (Å²) in [6.45, 7) is 2.84. The van der Waals surface area contributed by atoms with Crippen molar-refractivity contribution >= 4 is 13.8 Å². The monoisotopic (exact) mass is 489 g/mol. The van der Waals surface area contributed by atoms with Crippen molar-refractivity contribution < 1.29 is 42.7 Å². The summed E-state index contributed by atoms with van der Waals surface area (Å²) in [5, 5.41) is 21.4. The molecule has 0 spiro atoms. The number of carbonyl (C=O) groups is 1. The van der Waals surface area contributed by atoms with Crippen molar-refractivity contribution in [2.45, 2.75) is 70.6 Å². The van der Waals surface area contributed by atoms with Crippen molar-refractivity contribution in [1.29, 1.82) is 0 Å². The molecule has 2 unspecified atom stereocenters. The Morgan fingerprint density at radius 3 is 2.45 bits per heavy atom. The van der Waals surface area contributed by atoms with Crippen LogP contribution >= 0.6 is 7.82 Å². The fourth-order valence-electron chi connectivity index (χ4n) is 3.18. The fraction of sp³-hybridized carbons (Fsp3) is 0.696. The summed E-state index contributed by atoms with van der Waals surface area (Å²) in [5.41, 5.74) is 1.17. The first-order chi connectivity index (χ1) is 15.4. The molecule has 0 aliphatic carbocycles. The van der Waals surface area contributed by atoms with Crippen molar-refractivity contribution in [2.75, 3.05) is 34.4 Å². The van der Waals surface area contributed by atoms with Crippen molar-refractivity contribution in [2.24, 2.45) is 0 Å². The van der Waals surface area contributed by atoms with Gasteiger partial charge in [0.15, 0.2) is 0 Å². The Balaban J connectivity index is 2.38. The highest BCUT2D eigenvalue weighted by atomic mass is 31.2. The maximum Gasteiger partial charge on any atom is 0.472 e. The summed E-state index contributed by atoms with van der Waals surface area (Å²) in [4.78, 5) is 21.0. The van der Waals surface area contributed by atoms with E-state index in [-0.39, 0.29) is 11.1 Å². The summed E-state index contributed by atoms with van der Waals surface area (Å²) in [6, 6.07) is 8.00. The average Bonchev–Trinajstić information content (AvgIpc) is 2.72. The second-order valence-corrected chi connectivity index (χ2v) is 10.5. The number of phosphoric ester groups is 1. The first kappa shape index (κ1) is 29.6. The van der Waals surface area contributed by atoms with Gasteiger partial charge in [0.1, 0.15) is 11.9 Å². The van der Waals surface area contributed by atoms with E-state index in [0.29, 0.717) is 13.0 Å².